The van der Waals surface area contributed by atoms with Crippen molar-refractivity contribution < 1.29 is 17.6 Å². The summed E-state index contributed by atoms with van der Waals surface area (Å²) in [6.45, 7) is 9.44. The highest BCUT2D eigenvalue weighted by Crippen LogP contribution is 2.32. The fraction of sp³-hybridized carbons (Fsp3) is 0.500. The predicted molar refractivity (Wildman–Crippen MR) is 65.4 cm³/mol. The summed E-state index contributed by atoms with van der Waals surface area (Å²) < 4.78 is 51.3. The molecule has 0 amide bonds. The Labute approximate surface area is 109 Å². The van der Waals surface area contributed by atoms with Crippen molar-refractivity contribution in [2.45, 2.75) is 40.8 Å². The van der Waals surface area contributed by atoms with Crippen LogP contribution in [0, 0.1) is 12.7 Å². The van der Waals surface area contributed by atoms with Crippen LogP contribution in [0.25, 0.3) is 5.65 Å². The number of pyridine rings is 1. The summed E-state index contributed by atoms with van der Waals surface area (Å²) in [4.78, 5) is 0. The molecule has 0 unspecified atom stereocenters. The van der Waals surface area contributed by atoms with Crippen molar-refractivity contribution >= 4 is 5.65 Å². The van der Waals surface area contributed by atoms with Gasteiger partial charge in [0.1, 0.15) is 17.2 Å². The molecule has 2 aromatic heterocycles. The highest BCUT2D eigenvalue weighted by atomic mass is 19.4. The lowest BCUT2D eigenvalue weighted by Crippen LogP contribution is -2.09. The van der Waals surface area contributed by atoms with Crippen LogP contribution in [0.1, 0.15) is 39.1 Å². The summed E-state index contributed by atoms with van der Waals surface area (Å²) in [5.41, 5.74) is -1.51. The van der Waals surface area contributed by atoms with E-state index in [9.17, 15) is 17.6 Å². The third-order valence-electron chi connectivity index (χ3n) is 1.95. The molecule has 0 aliphatic heterocycles. The zero-order chi connectivity index (χ0) is 15.2. The molecule has 0 saturated carbocycles. The van der Waals surface area contributed by atoms with Gasteiger partial charge in [0.2, 0.25) is 0 Å². The topological polar surface area (TPSA) is 30.2 Å². The molecule has 0 aliphatic rings. The van der Waals surface area contributed by atoms with Gasteiger partial charge in [-0.15, -0.1) is 10.2 Å². The molecule has 0 aromatic carbocycles. The van der Waals surface area contributed by atoms with E-state index >= 15 is 0 Å². The third kappa shape index (κ3) is 3.90. The maximum Gasteiger partial charge on any atom is 0.420 e. The molecule has 0 atom stereocenters. The van der Waals surface area contributed by atoms with E-state index in [1.165, 1.54) is 6.92 Å². The van der Waals surface area contributed by atoms with Crippen molar-refractivity contribution in [2.24, 2.45) is 0 Å². The van der Waals surface area contributed by atoms with Gasteiger partial charge in [0.25, 0.3) is 0 Å². The Hall–Kier alpha value is -1.66. The molecule has 2 aromatic rings. The average Bonchev–Trinajstić information content (AvgIpc) is 2.74. The number of hydrogen-bond acceptors (Lipinski definition) is 2. The van der Waals surface area contributed by atoms with Crippen molar-refractivity contribution in [2.75, 3.05) is 0 Å². The minimum atomic E-state index is -4.64. The molecule has 19 heavy (non-hydrogen) atoms. The maximum absolute atomic E-state index is 12.9. The Morgan fingerprint density at radius 2 is 1.58 bits per heavy atom. The molecular weight excluding hydrogens is 262 g/mol. The normalized spacial score (nSPS) is 10.4. The predicted octanol–water partition coefficient (Wildman–Crippen LogP) is 4.25. The second-order valence-electron chi connectivity index (χ2n) is 3.01. The lowest BCUT2D eigenvalue weighted by molar-refractivity contribution is -0.136. The first-order chi connectivity index (χ1) is 8.89. The Morgan fingerprint density at radius 1 is 1.05 bits per heavy atom. The highest BCUT2D eigenvalue weighted by molar-refractivity contribution is 5.49. The summed E-state index contributed by atoms with van der Waals surface area (Å²) in [7, 11) is 0. The number of alkyl halides is 3. The van der Waals surface area contributed by atoms with E-state index in [-0.39, 0.29) is 11.5 Å². The summed E-state index contributed by atoms with van der Waals surface area (Å²) in [5, 5.41) is 6.81. The fourth-order valence-corrected chi connectivity index (χ4v) is 1.28. The third-order valence-corrected chi connectivity index (χ3v) is 1.95. The molecule has 7 heteroatoms. The Kier molecular flexibility index (Phi) is 6.44. The minimum Gasteiger partial charge on any atom is -0.283 e. The second-order valence-corrected chi connectivity index (χ2v) is 3.01. The van der Waals surface area contributed by atoms with Crippen LogP contribution in [-0.2, 0) is 6.18 Å². The summed E-state index contributed by atoms with van der Waals surface area (Å²) in [5.74, 6) is -0.771. The van der Waals surface area contributed by atoms with E-state index in [2.05, 4.69) is 10.2 Å². The number of aromatic nitrogens is 3. The van der Waals surface area contributed by atoms with Crippen molar-refractivity contribution in [1.29, 1.82) is 0 Å². The first-order valence-corrected chi connectivity index (χ1v) is 5.97. The van der Waals surface area contributed by atoms with Crippen molar-refractivity contribution in [3.05, 3.63) is 29.5 Å². The standard InChI is InChI=1S/C8H5F4N3.2C2H6/c1-4-13-14-7-6(8(10,11)12)2-5(9)3-15(4)7;2*1-2/h2-3H,1H3;2*1-2H3. The molecule has 0 radical (unpaired) electrons. The Bertz CT molecular complexity index is 517. The number of rotatable bonds is 0. The van der Waals surface area contributed by atoms with Crippen molar-refractivity contribution in [3.63, 3.8) is 0 Å². The van der Waals surface area contributed by atoms with Gasteiger partial charge in [-0.2, -0.15) is 13.2 Å². The number of hydrogen-bond donors (Lipinski definition) is 0. The van der Waals surface area contributed by atoms with Crippen LogP contribution in [0.5, 0.6) is 0 Å². The monoisotopic (exact) mass is 279 g/mol. The lowest BCUT2D eigenvalue weighted by Gasteiger charge is -2.07. The zero-order valence-corrected chi connectivity index (χ0v) is 11.5. The SMILES string of the molecule is CC.CC.Cc1nnc2c(C(F)(F)F)cc(F)cn12. The molecule has 108 valence electrons. The minimum absolute atomic E-state index is 0.204. The van der Waals surface area contributed by atoms with E-state index in [1.54, 1.807) is 0 Å². The number of aryl methyl sites for hydroxylation is 1. The largest absolute Gasteiger partial charge is 0.420 e. The van der Waals surface area contributed by atoms with Gasteiger partial charge in [-0.25, -0.2) is 4.39 Å². The van der Waals surface area contributed by atoms with Gasteiger partial charge in [0.05, 0.1) is 0 Å². The number of nitrogens with zero attached hydrogens (tertiary/aromatic N) is 3. The molecule has 0 aliphatic carbocycles. The maximum atomic E-state index is 12.9. The quantitative estimate of drug-likeness (QED) is 0.675. The van der Waals surface area contributed by atoms with Crippen LogP contribution in [-0.4, -0.2) is 14.6 Å². The van der Waals surface area contributed by atoms with Gasteiger partial charge in [-0.1, -0.05) is 27.7 Å². The van der Waals surface area contributed by atoms with Crippen molar-refractivity contribution in [1.82, 2.24) is 14.6 Å². The molecule has 0 fully saturated rings. The van der Waals surface area contributed by atoms with Crippen LogP contribution < -0.4 is 0 Å². The van der Waals surface area contributed by atoms with Crippen LogP contribution in [0.2, 0.25) is 0 Å². The number of halogens is 4. The molecular formula is C12H17F4N3. The van der Waals surface area contributed by atoms with Gasteiger partial charge in [0, 0.05) is 6.20 Å². The Balaban J connectivity index is 0.000000741. The van der Waals surface area contributed by atoms with Gasteiger partial charge in [-0.05, 0) is 13.0 Å². The Morgan fingerprint density at radius 3 is 2.05 bits per heavy atom. The van der Waals surface area contributed by atoms with Gasteiger partial charge < -0.3 is 0 Å². The fourth-order valence-electron chi connectivity index (χ4n) is 1.28. The van der Waals surface area contributed by atoms with Gasteiger partial charge >= 0.3 is 6.18 Å². The molecule has 0 spiro atoms. The summed E-state index contributed by atoms with van der Waals surface area (Å²) >= 11 is 0. The van der Waals surface area contributed by atoms with E-state index in [1.807, 2.05) is 27.7 Å². The van der Waals surface area contributed by atoms with Gasteiger partial charge in [-0.3, -0.25) is 4.40 Å². The van der Waals surface area contributed by atoms with E-state index in [0.717, 1.165) is 10.6 Å². The lowest BCUT2D eigenvalue weighted by atomic mass is 10.2. The molecule has 0 N–H and O–H groups in total. The van der Waals surface area contributed by atoms with Gasteiger partial charge in [0.15, 0.2) is 5.65 Å². The van der Waals surface area contributed by atoms with Crippen LogP contribution in [0.4, 0.5) is 17.6 Å². The molecule has 0 bridgehead atoms. The molecule has 0 saturated heterocycles. The second kappa shape index (κ2) is 7.06. The highest BCUT2D eigenvalue weighted by Gasteiger charge is 2.35. The summed E-state index contributed by atoms with van der Waals surface area (Å²) in [6.07, 6.45) is -3.72. The number of fused-ring (bicyclic) bond motifs is 1. The molecule has 2 heterocycles. The van der Waals surface area contributed by atoms with Crippen LogP contribution in [0.15, 0.2) is 12.3 Å². The zero-order valence-electron chi connectivity index (χ0n) is 11.5. The first-order valence-electron chi connectivity index (χ1n) is 5.97. The molecule has 3 nitrogen and oxygen atoms in total. The summed E-state index contributed by atoms with van der Waals surface area (Å²) in [6, 6.07) is 0.406. The first kappa shape index (κ1) is 17.3. The van der Waals surface area contributed by atoms with Crippen LogP contribution >= 0.6 is 0 Å². The van der Waals surface area contributed by atoms with E-state index in [4.69, 9.17) is 0 Å². The average molecular weight is 279 g/mol. The molecule has 2 rings (SSSR count). The smallest absolute Gasteiger partial charge is 0.283 e. The van der Waals surface area contributed by atoms with Crippen LogP contribution in [0.3, 0.4) is 0 Å². The van der Waals surface area contributed by atoms with E-state index in [0.29, 0.717) is 6.07 Å². The van der Waals surface area contributed by atoms with Crippen molar-refractivity contribution in [3.8, 4) is 0 Å². The van der Waals surface area contributed by atoms with E-state index < -0.39 is 17.6 Å².